The lowest BCUT2D eigenvalue weighted by molar-refractivity contribution is 0.0685. The Hall–Kier alpha value is -2.27. The Balaban J connectivity index is 2.14. The van der Waals surface area contributed by atoms with Gasteiger partial charge in [0.2, 0.25) is 0 Å². The molecule has 21 heavy (non-hydrogen) atoms. The first kappa shape index (κ1) is 13.7. The van der Waals surface area contributed by atoms with Gasteiger partial charge >= 0.3 is 5.97 Å². The molecule has 0 atom stereocenters. The first-order valence-electron chi connectivity index (χ1n) is 6.52. The highest BCUT2D eigenvalue weighted by Crippen LogP contribution is 2.33. The Kier molecular flexibility index (Phi) is 3.43. The van der Waals surface area contributed by atoms with E-state index in [1.54, 1.807) is 22.7 Å². The Morgan fingerprint density at radius 2 is 2.05 bits per heavy atom. The van der Waals surface area contributed by atoms with E-state index in [4.69, 9.17) is 0 Å². The maximum Gasteiger partial charge on any atom is 0.355 e. The Morgan fingerprint density at radius 1 is 1.24 bits per heavy atom. The molecular formula is C16H14N2O2S. The van der Waals surface area contributed by atoms with Crippen molar-refractivity contribution in [2.24, 2.45) is 0 Å². The summed E-state index contributed by atoms with van der Waals surface area (Å²) in [6, 6.07) is 11.6. The lowest BCUT2D eigenvalue weighted by Crippen LogP contribution is -2.02. The van der Waals surface area contributed by atoms with Gasteiger partial charge in [-0.1, -0.05) is 30.0 Å². The number of hydrogen-bond donors (Lipinski definition) is 1. The molecule has 1 N–H and O–H groups in total. The maximum absolute atomic E-state index is 11.6. The zero-order valence-corrected chi connectivity index (χ0v) is 12.5. The summed E-state index contributed by atoms with van der Waals surface area (Å²) >= 11 is 1.40. The quantitative estimate of drug-likeness (QED) is 0.799. The molecule has 0 radical (unpaired) electrons. The molecule has 106 valence electrons. The molecule has 2 heterocycles. The van der Waals surface area contributed by atoms with Crippen molar-refractivity contribution in [2.75, 3.05) is 0 Å². The lowest BCUT2D eigenvalue weighted by Gasteiger charge is -2.05. The van der Waals surface area contributed by atoms with Crippen LogP contribution in [0.15, 0.2) is 52.5 Å². The van der Waals surface area contributed by atoms with Gasteiger partial charge in [-0.05, 0) is 43.2 Å². The summed E-state index contributed by atoms with van der Waals surface area (Å²) in [5.74, 6) is -0.971. The number of imidazole rings is 1. The van der Waals surface area contributed by atoms with Crippen LogP contribution in [0.2, 0.25) is 0 Å². The van der Waals surface area contributed by atoms with Gasteiger partial charge in [-0.25, -0.2) is 9.78 Å². The number of pyridine rings is 1. The molecule has 4 nitrogen and oxygen atoms in total. The van der Waals surface area contributed by atoms with Gasteiger partial charge in [0.15, 0.2) is 5.69 Å². The fourth-order valence-corrected chi connectivity index (χ4v) is 3.27. The van der Waals surface area contributed by atoms with E-state index in [2.05, 4.69) is 11.1 Å². The van der Waals surface area contributed by atoms with Crippen molar-refractivity contribution >= 4 is 23.4 Å². The van der Waals surface area contributed by atoms with E-state index in [0.717, 1.165) is 16.0 Å². The fourth-order valence-electron chi connectivity index (χ4n) is 2.16. The average Bonchev–Trinajstić information content (AvgIpc) is 2.80. The second-order valence-electron chi connectivity index (χ2n) is 4.87. The normalized spacial score (nSPS) is 11.0. The van der Waals surface area contributed by atoms with Crippen LogP contribution in [-0.4, -0.2) is 20.5 Å². The Labute approximate surface area is 126 Å². The van der Waals surface area contributed by atoms with Crippen molar-refractivity contribution in [1.82, 2.24) is 9.38 Å². The summed E-state index contributed by atoms with van der Waals surface area (Å²) < 4.78 is 1.61. The highest BCUT2D eigenvalue weighted by molar-refractivity contribution is 7.99. The molecule has 0 bridgehead atoms. The predicted molar refractivity (Wildman–Crippen MR) is 82.2 cm³/mol. The molecule has 2 aromatic heterocycles. The van der Waals surface area contributed by atoms with E-state index < -0.39 is 5.97 Å². The number of carboxylic acid groups (broad SMARTS) is 1. The predicted octanol–water partition coefficient (Wildman–Crippen LogP) is 3.80. The number of carboxylic acids is 1. The molecule has 0 fully saturated rings. The van der Waals surface area contributed by atoms with Gasteiger partial charge in [-0.15, -0.1) is 0 Å². The molecule has 5 heteroatoms. The molecular weight excluding hydrogens is 284 g/mol. The van der Waals surface area contributed by atoms with Crippen LogP contribution < -0.4 is 0 Å². The van der Waals surface area contributed by atoms with E-state index in [1.165, 1.54) is 11.8 Å². The van der Waals surface area contributed by atoms with Crippen molar-refractivity contribution in [3.8, 4) is 0 Å². The SMILES string of the molecule is Cc1ccc(C)c(Sc2nc3ccccn3c2C(=O)O)c1. The topological polar surface area (TPSA) is 54.6 Å². The largest absolute Gasteiger partial charge is 0.476 e. The van der Waals surface area contributed by atoms with E-state index in [9.17, 15) is 9.90 Å². The Morgan fingerprint density at radius 3 is 2.81 bits per heavy atom. The number of aromatic carboxylic acids is 1. The minimum absolute atomic E-state index is 0.205. The van der Waals surface area contributed by atoms with Gasteiger partial charge in [-0.3, -0.25) is 4.40 Å². The smallest absolute Gasteiger partial charge is 0.355 e. The molecule has 0 unspecified atom stereocenters. The first-order valence-corrected chi connectivity index (χ1v) is 7.33. The third-order valence-electron chi connectivity index (χ3n) is 3.25. The monoisotopic (exact) mass is 298 g/mol. The number of carbonyl (C=O) groups is 1. The van der Waals surface area contributed by atoms with Crippen molar-refractivity contribution in [2.45, 2.75) is 23.8 Å². The highest BCUT2D eigenvalue weighted by Gasteiger charge is 2.19. The van der Waals surface area contributed by atoms with Crippen LogP contribution in [0.5, 0.6) is 0 Å². The van der Waals surface area contributed by atoms with Gasteiger partial charge in [0.05, 0.1) is 0 Å². The second-order valence-corrected chi connectivity index (χ2v) is 5.90. The minimum atomic E-state index is -0.971. The maximum atomic E-state index is 11.6. The van der Waals surface area contributed by atoms with Crippen LogP contribution in [-0.2, 0) is 0 Å². The van der Waals surface area contributed by atoms with Crippen molar-refractivity contribution < 1.29 is 9.90 Å². The average molecular weight is 298 g/mol. The number of aromatic nitrogens is 2. The summed E-state index contributed by atoms with van der Waals surface area (Å²) in [7, 11) is 0. The second kappa shape index (κ2) is 5.26. The van der Waals surface area contributed by atoms with Gasteiger partial charge in [0.25, 0.3) is 0 Å². The van der Waals surface area contributed by atoms with E-state index >= 15 is 0 Å². The molecule has 0 spiro atoms. The number of hydrogen-bond acceptors (Lipinski definition) is 3. The first-order chi connectivity index (χ1) is 10.1. The molecule has 0 saturated carbocycles. The molecule has 3 rings (SSSR count). The molecule has 0 aliphatic carbocycles. The van der Waals surface area contributed by atoms with Crippen molar-refractivity contribution in [3.63, 3.8) is 0 Å². The van der Waals surface area contributed by atoms with Crippen LogP contribution in [0.3, 0.4) is 0 Å². The van der Waals surface area contributed by atoms with Crippen LogP contribution in [0.25, 0.3) is 5.65 Å². The molecule has 3 aromatic rings. The van der Waals surface area contributed by atoms with Crippen molar-refractivity contribution in [3.05, 3.63) is 59.4 Å². The third-order valence-corrected chi connectivity index (χ3v) is 4.39. The van der Waals surface area contributed by atoms with Crippen LogP contribution in [0.4, 0.5) is 0 Å². The summed E-state index contributed by atoms with van der Waals surface area (Å²) in [6.45, 7) is 4.03. The Bertz CT molecular complexity index is 839. The summed E-state index contributed by atoms with van der Waals surface area (Å²) in [5, 5.41) is 10.00. The summed E-state index contributed by atoms with van der Waals surface area (Å²) in [4.78, 5) is 17.0. The van der Waals surface area contributed by atoms with E-state index in [-0.39, 0.29) is 5.69 Å². The number of benzene rings is 1. The molecule has 0 aliphatic heterocycles. The zero-order valence-electron chi connectivity index (χ0n) is 11.7. The van der Waals surface area contributed by atoms with E-state index in [1.807, 2.05) is 32.0 Å². The lowest BCUT2D eigenvalue weighted by atomic mass is 10.2. The van der Waals surface area contributed by atoms with Gasteiger partial charge < -0.3 is 5.11 Å². The number of fused-ring (bicyclic) bond motifs is 1. The number of rotatable bonds is 3. The fraction of sp³-hybridized carbons (Fsp3) is 0.125. The van der Waals surface area contributed by atoms with Crippen molar-refractivity contribution in [1.29, 1.82) is 0 Å². The standard InChI is InChI=1S/C16H14N2O2S/c1-10-6-7-11(2)12(9-10)21-15-14(16(19)20)18-8-4-3-5-13(18)17-15/h3-9H,1-2H3,(H,19,20). The summed E-state index contributed by atoms with van der Waals surface area (Å²) in [6.07, 6.45) is 1.72. The van der Waals surface area contributed by atoms with Crippen LogP contribution in [0.1, 0.15) is 21.6 Å². The van der Waals surface area contributed by atoms with E-state index in [0.29, 0.717) is 10.7 Å². The minimum Gasteiger partial charge on any atom is -0.476 e. The molecule has 0 amide bonds. The zero-order chi connectivity index (χ0) is 15.0. The van der Waals surface area contributed by atoms with Crippen LogP contribution in [0, 0.1) is 13.8 Å². The number of aryl methyl sites for hydroxylation is 2. The molecule has 0 saturated heterocycles. The molecule has 1 aromatic carbocycles. The van der Waals surface area contributed by atoms with Gasteiger partial charge in [-0.2, -0.15) is 0 Å². The van der Waals surface area contributed by atoms with Crippen LogP contribution >= 0.6 is 11.8 Å². The number of nitrogens with zero attached hydrogens (tertiary/aromatic N) is 2. The summed E-state index contributed by atoms with van der Waals surface area (Å²) in [5.41, 5.74) is 3.10. The molecule has 0 aliphatic rings. The third kappa shape index (κ3) is 2.52. The van der Waals surface area contributed by atoms with Gasteiger partial charge in [0.1, 0.15) is 10.7 Å². The van der Waals surface area contributed by atoms with Gasteiger partial charge in [0, 0.05) is 11.1 Å². The highest BCUT2D eigenvalue weighted by atomic mass is 32.2.